The van der Waals surface area contributed by atoms with E-state index in [0.29, 0.717) is 61.6 Å². The van der Waals surface area contributed by atoms with Gasteiger partial charge in [-0.15, -0.1) is 0 Å². The van der Waals surface area contributed by atoms with E-state index in [1.54, 1.807) is 6.92 Å². The molecule has 2 amide bonds. The second kappa shape index (κ2) is 9.97. The van der Waals surface area contributed by atoms with E-state index >= 15 is 0 Å². The maximum absolute atomic E-state index is 13.6. The highest BCUT2D eigenvalue weighted by atomic mass is 32.2. The Balaban J connectivity index is 1.86. The summed E-state index contributed by atoms with van der Waals surface area (Å²) in [6.07, 6.45) is -2.08. The maximum Gasteiger partial charge on any atom is 0.417 e. The summed E-state index contributed by atoms with van der Waals surface area (Å²) in [4.78, 5) is 36.4. The molecule has 1 aromatic carbocycles. The Labute approximate surface area is 187 Å². The van der Waals surface area contributed by atoms with Gasteiger partial charge in [-0.25, -0.2) is 4.79 Å². The van der Waals surface area contributed by atoms with Crippen LogP contribution in [0.4, 0.5) is 18.0 Å². The standard InChI is InChI=1S/C22H24F3NO5S/c1-3-7-13-10-15-16(22(23,24)25)11-18(28)31-20(15)14(4-2)19(13)30-9-6-5-8-26-17(27)12-32-21(26)29/h10-11H,3-9,12H2,1-2H3. The van der Waals surface area contributed by atoms with Gasteiger partial charge in [-0.05, 0) is 37.3 Å². The first kappa shape index (κ1) is 24.2. The Morgan fingerprint density at radius 3 is 2.50 bits per heavy atom. The number of fused-ring (bicyclic) bond motifs is 1. The van der Waals surface area contributed by atoms with Gasteiger partial charge in [0.2, 0.25) is 5.91 Å². The normalized spacial score (nSPS) is 14.6. The number of nitrogens with zero attached hydrogens (tertiary/aromatic N) is 1. The van der Waals surface area contributed by atoms with Crippen LogP contribution in [0.15, 0.2) is 21.3 Å². The molecule has 0 aliphatic carbocycles. The number of halogens is 3. The summed E-state index contributed by atoms with van der Waals surface area (Å²) in [7, 11) is 0. The summed E-state index contributed by atoms with van der Waals surface area (Å²) in [6, 6.07) is 1.88. The minimum Gasteiger partial charge on any atom is -0.493 e. The Morgan fingerprint density at radius 2 is 1.91 bits per heavy atom. The zero-order valence-electron chi connectivity index (χ0n) is 17.8. The third-order valence-corrected chi connectivity index (χ3v) is 6.06. The molecule has 0 bridgehead atoms. The van der Waals surface area contributed by atoms with Gasteiger partial charge in [0.05, 0.1) is 17.9 Å². The maximum atomic E-state index is 13.6. The number of ether oxygens (including phenoxy) is 1. The van der Waals surface area contributed by atoms with Gasteiger partial charge in [0.1, 0.15) is 11.3 Å². The highest BCUT2D eigenvalue weighted by molar-refractivity contribution is 8.14. The topological polar surface area (TPSA) is 76.8 Å². The number of amides is 2. The molecule has 1 aromatic heterocycles. The van der Waals surface area contributed by atoms with Crippen molar-refractivity contribution in [3.8, 4) is 5.75 Å². The van der Waals surface area contributed by atoms with Crippen LogP contribution in [0.5, 0.6) is 5.75 Å². The largest absolute Gasteiger partial charge is 0.493 e. The lowest BCUT2D eigenvalue weighted by Crippen LogP contribution is -2.29. The van der Waals surface area contributed by atoms with Gasteiger partial charge in [-0.3, -0.25) is 14.5 Å². The van der Waals surface area contributed by atoms with Crippen LogP contribution in [0.3, 0.4) is 0 Å². The van der Waals surface area contributed by atoms with Gasteiger partial charge in [-0.2, -0.15) is 13.2 Å². The van der Waals surface area contributed by atoms with E-state index in [4.69, 9.17) is 9.15 Å². The van der Waals surface area contributed by atoms with Crippen LogP contribution < -0.4 is 10.4 Å². The van der Waals surface area contributed by atoms with Crippen LogP contribution in [-0.2, 0) is 23.8 Å². The average Bonchev–Trinajstić information content (AvgIpc) is 3.04. The van der Waals surface area contributed by atoms with Crippen molar-refractivity contribution in [2.75, 3.05) is 18.9 Å². The zero-order chi connectivity index (χ0) is 23.5. The van der Waals surface area contributed by atoms with Gasteiger partial charge in [-0.1, -0.05) is 32.0 Å². The molecule has 0 N–H and O–H groups in total. The summed E-state index contributed by atoms with van der Waals surface area (Å²) in [5.41, 5.74) is -1.13. The van der Waals surface area contributed by atoms with Crippen LogP contribution in [0, 0.1) is 0 Å². The molecule has 3 rings (SSSR count). The molecule has 0 atom stereocenters. The molecule has 0 saturated carbocycles. The number of carbonyl (C=O) groups is 2. The number of hydrogen-bond acceptors (Lipinski definition) is 6. The van der Waals surface area contributed by atoms with E-state index in [-0.39, 0.29) is 34.5 Å². The average molecular weight is 471 g/mol. The molecule has 1 aliphatic heterocycles. The van der Waals surface area contributed by atoms with Gasteiger partial charge < -0.3 is 9.15 Å². The summed E-state index contributed by atoms with van der Waals surface area (Å²) in [5, 5.41) is -0.396. The van der Waals surface area contributed by atoms with E-state index in [1.807, 2.05) is 6.92 Å². The summed E-state index contributed by atoms with van der Waals surface area (Å²) in [6.45, 7) is 4.23. The third kappa shape index (κ3) is 5.11. The lowest BCUT2D eigenvalue weighted by Gasteiger charge is -2.19. The van der Waals surface area contributed by atoms with Crippen molar-refractivity contribution in [2.45, 2.75) is 52.1 Å². The number of benzene rings is 1. The predicted octanol–water partition coefficient (Wildman–Crippen LogP) is 5.18. The van der Waals surface area contributed by atoms with Crippen molar-refractivity contribution in [1.29, 1.82) is 0 Å². The minimum atomic E-state index is -4.69. The van der Waals surface area contributed by atoms with E-state index in [1.165, 1.54) is 11.0 Å². The molecule has 1 saturated heterocycles. The molecule has 174 valence electrons. The second-order valence-corrected chi connectivity index (χ2v) is 8.38. The molecule has 2 heterocycles. The first-order chi connectivity index (χ1) is 15.2. The van der Waals surface area contributed by atoms with Crippen LogP contribution in [-0.4, -0.2) is 35.0 Å². The Kier molecular flexibility index (Phi) is 7.53. The second-order valence-electron chi connectivity index (χ2n) is 7.46. The number of rotatable bonds is 9. The zero-order valence-corrected chi connectivity index (χ0v) is 18.7. The lowest BCUT2D eigenvalue weighted by molar-refractivity contribution is -0.136. The van der Waals surface area contributed by atoms with E-state index in [2.05, 4.69) is 0 Å². The molecule has 32 heavy (non-hydrogen) atoms. The van der Waals surface area contributed by atoms with Gasteiger partial charge in [0.15, 0.2) is 0 Å². The molecule has 0 spiro atoms. The molecular formula is C22H24F3NO5S. The molecule has 1 aliphatic rings. The Bertz CT molecular complexity index is 1060. The van der Waals surface area contributed by atoms with E-state index in [9.17, 15) is 27.6 Å². The van der Waals surface area contributed by atoms with Gasteiger partial charge in [0, 0.05) is 23.6 Å². The molecule has 0 unspecified atom stereocenters. The molecular weight excluding hydrogens is 447 g/mol. The third-order valence-electron chi connectivity index (χ3n) is 5.20. The van der Waals surface area contributed by atoms with E-state index in [0.717, 1.165) is 11.8 Å². The number of alkyl halides is 3. The fraction of sp³-hybridized carbons (Fsp3) is 0.500. The molecule has 10 heteroatoms. The Morgan fingerprint density at radius 1 is 1.16 bits per heavy atom. The fourth-order valence-electron chi connectivity index (χ4n) is 3.74. The number of hydrogen-bond donors (Lipinski definition) is 0. The smallest absolute Gasteiger partial charge is 0.417 e. The van der Waals surface area contributed by atoms with E-state index < -0.39 is 17.4 Å². The minimum absolute atomic E-state index is 0.104. The van der Waals surface area contributed by atoms with Crippen molar-refractivity contribution in [2.24, 2.45) is 0 Å². The Hall–Kier alpha value is -2.49. The van der Waals surface area contributed by atoms with Crippen LogP contribution in [0.1, 0.15) is 49.8 Å². The number of unbranched alkanes of at least 4 members (excludes halogenated alkanes) is 1. The molecule has 6 nitrogen and oxygen atoms in total. The number of carbonyl (C=O) groups excluding carboxylic acids is 2. The number of aryl methyl sites for hydroxylation is 2. The predicted molar refractivity (Wildman–Crippen MR) is 115 cm³/mol. The first-order valence-corrected chi connectivity index (χ1v) is 11.5. The summed E-state index contributed by atoms with van der Waals surface area (Å²) < 4.78 is 51.8. The van der Waals surface area contributed by atoms with Crippen LogP contribution in [0.25, 0.3) is 11.0 Å². The monoisotopic (exact) mass is 471 g/mol. The SMILES string of the molecule is CCCc1cc2c(C(F)(F)F)cc(=O)oc2c(CC)c1OCCCCN1C(=O)CSC1=O. The van der Waals surface area contributed by atoms with Crippen molar-refractivity contribution < 1.29 is 31.9 Å². The highest BCUT2D eigenvalue weighted by Gasteiger charge is 2.35. The van der Waals surface area contributed by atoms with Crippen LogP contribution >= 0.6 is 11.8 Å². The van der Waals surface area contributed by atoms with Crippen molar-refractivity contribution >= 4 is 33.9 Å². The van der Waals surface area contributed by atoms with Crippen LogP contribution in [0.2, 0.25) is 0 Å². The molecule has 1 fully saturated rings. The fourth-order valence-corrected chi connectivity index (χ4v) is 4.49. The van der Waals surface area contributed by atoms with Gasteiger partial charge >= 0.3 is 11.8 Å². The van der Waals surface area contributed by atoms with Gasteiger partial charge in [0.25, 0.3) is 5.24 Å². The molecule has 0 radical (unpaired) electrons. The summed E-state index contributed by atoms with van der Waals surface area (Å²) >= 11 is 0.982. The number of imide groups is 1. The first-order valence-electron chi connectivity index (χ1n) is 10.5. The van der Waals surface area contributed by atoms with Crippen molar-refractivity contribution in [3.63, 3.8) is 0 Å². The summed E-state index contributed by atoms with van der Waals surface area (Å²) in [5.74, 6) is 0.398. The van der Waals surface area contributed by atoms with Crippen molar-refractivity contribution in [1.82, 2.24) is 4.90 Å². The quantitative estimate of drug-likeness (QED) is 0.371. The van der Waals surface area contributed by atoms with Crippen molar-refractivity contribution in [3.05, 3.63) is 39.2 Å². The molecule has 2 aromatic rings. The number of thioether (sulfide) groups is 1. The lowest BCUT2D eigenvalue weighted by atomic mass is 9.97. The highest BCUT2D eigenvalue weighted by Crippen LogP contribution is 2.39.